The molecule has 6 nitrogen and oxygen atoms in total. The third kappa shape index (κ3) is 3.01. The van der Waals surface area contributed by atoms with E-state index in [-0.39, 0.29) is 11.9 Å². The van der Waals surface area contributed by atoms with Crippen LogP contribution >= 0.6 is 0 Å². The third-order valence-electron chi connectivity index (χ3n) is 3.36. The second-order valence-corrected chi connectivity index (χ2v) is 4.75. The van der Waals surface area contributed by atoms with E-state index in [0.29, 0.717) is 6.54 Å². The highest BCUT2D eigenvalue weighted by molar-refractivity contribution is 5.79. The fourth-order valence-corrected chi connectivity index (χ4v) is 2.52. The third-order valence-corrected chi connectivity index (χ3v) is 3.36. The van der Waals surface area contributed by atoms with Gasteiger partial charge in [0.15, 0.2) is 0 Å². The van der Waals surface area contributed by atoms with Crippen LogP contribution in [0.1, 0.15) is 30.4 Å². The highest BCUT2D eigenvalue weighted by Crippen LogP contribution is 2.31. The van der Waals surface area contributed by atoms with Crippen molar-refractivity contribution < 1.29 is 4.79 Å². The summed E-state index contributed by atoms with van der Waals surface area (Å²) in [7, 11) is 3.63. The number of hydrogen-bond acceptors (Lipinski definition) is 5. The molecule has 0 spiro atoms. The SMILES string of the molecule is CNCC(=O)N1CCCC1c1cc(NC)nc(C)n1. The Bertz CT molecular complexity index is 462. The Morgan fingerprint density at radius 1 is 1.47 bits per heavy atom. The topological polar surface area (TPSA) is 70.2 Å². The molecule has 1 fully saturated rings. The Morgan fingerprint density at radius 3 is 2.95 bits per heavy atom. The first kappa shape index (κ1) is 13.7. The Balaban J connectivity index is 2.24. The van der Waals surface area contributed by atoms with Crippen molar-refractivity contribution in [3.8, 4) is 0 Å². The molecule has 104 valence electrons. The van der Waals surface area contributed by atoms with E-state index in [4.69, 9.17) is 0 Å². The van der Waals surface area contributed by atoms with Crippen LogP contribution in [0, 0.1) is 6.92 Å². The van der Waals surface area contributed by atoms with Gasteiger partial charge in [0.05, 0.1) is 18.3 Å². The van der Waals surface area contributed by atoms with Crippen molar-refractivity contribution in [2.45, 2.75) is 25.8 Å². The number of likely N-dealkylation sites (N-methyl/N-ethyl adjacent to an activating group) is 1. The average Bonchev–Trinajstić information content (AvgIpc) is 2.87. The molecule has 0 bridgehead atoms. The molecule has 1 unspecified atom stereocenters. The first-order valence-corrected chi connectivity index (χ1v) is 6.63. The molecular formula is C13H21N5O. The molecule has 6 heteroatoms. The number of aromatic nitrogens is 2. The summed E-state index contributed by atoms with van der Waals surface area (Å²) in [5, 5.41) is 5.95. The van der Waals surface area contributed by atoms with E-state index >= 15 is 0 Å². The zero-order valence-electron chi connectivity index (χ0n) is 11.7. The molecule has 0 saturated carbocycles. The van der Waals surface area contributed by atoms with E-state index in [1.165, 1.54) is 0 Å². The van der Waals surface area contributed by atoms with Crippen LogP contribution in [0.15, 0.2) is 6.07 Å². The fraction of sp³-hybridized carbons (Fsp3) is 0.615. The van der Waals surface area contributed by atoms with Crippen LogP contribution in [-0.2, 0) is 4.79 Å². The number of nitrogens with zero attached hydrogens (tertiary/aromatic N) is 3. The van der Waals surface area contributed by atoms with Crippen LogP contribution in [0.5, 0.6) is 0 Å². The second-order valence-electron chi connectivity index (χ2n) is 4.75. The zero-order valence-corrected chi connectivity index (χ0v) is 11.7. The number of amides is 1. The van der Waals surface area contributed by atoms with Gasteiger partial charge in [-0.25, -0.2) is 9.97 Å². The molecule has 0 aliphatic carbocycles. The summed E-state index contributed by atoms with van der Waals surface area (Å²) in [5.41, 5.74) is 0.929. The zero-order chi connectivity index (χ0) is 13.8. The van der Waals surface area contributed by atoms with Crippen LogP contribution in [0.4, 0.5) is 5.82 Å². The minimum atomic E-state index is 0.0784. The van der Waals surface area contributed by atoms with E-state index in [0.717, 1.165) is 36.7 Å². The van der Waals surface area contributed by atoms with Gasteiger partial charge < -0.3 is 15.5 Å². The number of carbonyl (C=O) groups is 1. The normalized spacial score (nSPS) is 18.7. The van der Waals surface area contributed by atoms with E-state index < -0.39 is 0 Å². The molecule has 19 heavy (non-hydrogen) atoms. The predicted molar refractivity (Wildman–Crippen MR) is 73.9 cm³/mol. The Morgan fingerprint density at radius 2 is 2.26 bits per heavy atom. The summed E-state index contributed by atoms with van der Waals surface area (Å²) in [6.07, 6.45) is 1.99. The molecule has 1 saturated heterocycles. The largest absolute Gasteiger partial charge is 0.373 e. The minimum absolute atomic E-state index is 0.0784. The molecule has 2 N–H and O–H groups in total. The number of rotatable bonds is 4. The Kier molecular flexibility index (Phi) is 4.31. The van der Waals surface area contributed by atoms with Gasteiger partial charge in [0.25, 0.3) is 0 Å². The highest BCUT2D eigenvalue weighted by Gasteiger charge is 2.30. The van der Waals surface area contributed by atoms with Gasteiger partial charge >= 0.3 is 0 Å². The van der Waals surface area contributed by atoms with Gasteiger partial charge in [0, 0.05) is 19.7 Å². The first-order chi connectivity index (χ1) is 9.15. The first-order valence-electron chi connectivity index (χ1n) is 6.63. The maximum atomic E-state index is 12.1. The lowest BCUT2D eigenvalue weighted by atomic mass is 10.1. The van der Waals surface area contributed by atoms with E-state index in [9.17, 15) is 4.79 Å². The molecule has 1 aliphatic rings. The summed E-state index contributed by atoms with van der Waals surface area (Å²) in [6.45, 7) is 3.06. The van der Waals surface area contributed by atoms with E-state index in [2.05, 4.69) is 20.6 Å². The van der Waals surface area contributed by atoms with Gasteiger partial charge in [-0.15, -0.1) is 0 Å². The Hall–Kier alpha value is -1.69. The number of aryl methyl sites for hydroxylation is 1. The van der Waals surface area contributed by atoms with Crippen LogP contribution < -0.4 is 10.6 Å². The van der Waals surface area contributed by atoms with E-state index in [1.54, 1.807) is 7.05 Å². The van der Waals surface area contributed by atoms with Crippen LogP contribution in [0.2, 0.25) is 0 Å². The van der Waals surface area contributed by atoms with Crippen molar-refractivity contribution in [2.75, 3.05) is 32.5 Å². The molecule has 1 aliphatic heterocycles. The number of nitrogens with one attached hydrogen (secondary N) is 2. The maximum absolute atomic E-state index is 12.1. The fourth-order valence-electron chi connectivity index (χ4n) is 2.52. The average molecular weight is 263 g/mol. The van der Waals surface area contributed by atoms with Crippen LogP contribution in [-0.4, -0.2) is 48.0 Å². The lowest BCUT2D eigenvalue weighted by Crippen LogP contribution is -2.37. The molecule has 1 amide bonds. The van der Waals surface area contributed by atoms with Gasteiger partial charge in [0.2, 0.25) is 5.91 Å². The van der Waals surface area contributed by atoms with Crippen molar-refractivity contribution in [1.29, 1.82) is 0 Å². The molecule has 0 aromatic carbocycles. The molecule has 2 rings (SSSR count). The number of hydrogen-bond donors (Lipinski definition) is 2. The van der Waals surface area contributed by atoms with Crippen LogP contribution in [0.3, 0.4) is 0 Å². The minimum Gasteiger partial charge on any atom is -0.373 e. The summed E-state index contributed by atoms with van der Waals surface area (Å²) in [5.74, 6) is 1.66. The van der Waals surface area contributed by atoms with Crippen molar-refractivity contribution in [1.82, 2.24) is 20.2 Å². The van der Waals surface area contributed by atoms with Crippen molar-refractivity contribution >= 4 is 11.7 Å². The number of anilines is 1. The highest BCUT2D eigenvalue weighted by atomic mass is 16.2. The van der Waals surface area contributed by atoms with Gasteiger partial charge in [0.1, 0.15) is 11.6 Å². The molecular weight excluding hydrogens is 242 g/mol. The molecule has 1 aromatic rings. The molecule has 0 radical (unpaired) electrons. The lowest BCUT2D eigenvalue weighted by Gasteiger charge is -2.24. The standard InChI is InChI=1S/C13H21N5O/c1-9-16-10(7-12(15-3)17-9)11-5-4-6-18(11)13(19)8-14-2/h7,11,14H,4-6,8H2,1-3H3,(H,15,16,17). The predicted octanol–water partition coefficient (Wildman–Crippen LogP) is 0.710. The number of likely N-dealkylation sites (tertiary alicyclic amines) is 1. The smallest absolute Gasteiger partial charge is 0.237 e. The van der Waals surface area contributed by atoms with Crippen molar-refractivity contribution in [3.63, 3.8) is 0 Å². The van der Waals surface area contributed by atoms with Gasteiger partial charge in [-0.1, -0.05) is 0 Å². The van der Waals surface area contributed by atoms with Gasteiger partial charge in [-0.3, -0.25) is 4.79 Å². The summed E-state index contributed by atoms with van der Waals surface area (Å²) in [4.78, 5) is 22.8. The molecule has 2 heterocycles. The maximum Gasteiger partial charge on any atom is 0.237 e. The quantitative estimate of drug-likeness (QED) is 0.837. The summed E-state index contributed by atoms with van der Waals surface area (Å²) in [6, 6.07) is 2.01. The second kappa shape index (κ2) is 5.97. The molecule has 1 atom stereocenters. The lowest BCUT2D eigenvalue weighted by molar-refractivity contribution is -0.131. The van der Waals surface area contributed by atoms with Crippen LogP contribution in [0.25, 0.3) is 0 Å². The van der Waals surface area contributed by atoms with E-state index in [1.807, 2.05) is 24.9 Å². The monoisotopic (exact) mass is 263 g/mol. The molecule has 1 aromatic heterocycles. The Labute approximate surface area is 113 Å². The van der Waals surface area contributed by atoms with Gasteiger partial charge in [-0.2, -0.15) is 0 Å². The number of carbonyl (C=O) groups excluding carboxylic acids is 1. The summed E-state index contributed by atoms with van der Waals surface area (Å²) >= 11 is 0. The van der Waals surface area contributed by atoms with Crippen molar-refractivity contribution in [3.05, 3.63) is 17.6 Å². The van der Waals surface area contributed by atoms with Crippen molar-refractivity contribution in [2.24, 2.45) is 0 Å². The van der Waals surface area contributed by atoms with Gasteiger partial charge in [-0.05, 0) is 26.8 Å². The summed E-state index contributed by atoms with van der Waals surface area (Å²) < 4.78 is 0.